The minimum absolute atomic E-state index is 0.0435. The Kier molecular flexibility index (Phi) is 4.92. The molecular weight excluding hydrogens is 366 g/mol. The van der Waals surface area contributed by atoms with Crippen LogP contribution < -0.4 is 0 Å². The Morgan fingerprint density at radius 2 is 2.11 bits per heavy atom. The van der Waals surface area contributed by atoms with Crippen molar-refractivity contribution in [1.82, 2.24) is 9.78 Å². The molecule has 3 rings (SSSR count). The van der Waals surface area contributed by atoms with Crippen molar-refractivity contribution >= 4 is 28.0 Å². The molecule has 0 amide bonds. The molecule has 27 heavy (non-hydrogen) atoms. The van der Waals surface area contributed by atoms with E-state index in [1.165, 1.54) is 17.1 Å². The fourth-order valence-electron chi connectivity index (χ4n) is 2.68. The van der Waals surface area contributed by atoms with E-state index >= 15 is 0 Å². The van der Waals surface area contributed by atoms with Gasteiger partial charge in [-0.2, -0.15) is 10.4 Å². The Morgan fingerprint density at radius 3 is 2.78 bits per heavy atom. The van der Waals surface area contributed by atoms with Crippen LogP contribution in [0.25, 0.3) is 17.0 Å². The van der Waals surface area contributed by atoms with Crippen LogP contribution in [-0.4, -0.2) is 47.4 Å². The normalized spacial score (nSPS) is 16.6. The van der Waals surface area contributed by atoms with Gasteiger partial charge in [-0.25, -0.2) is 8.42 Å². The molecule has 2 heterocycles. The highest BCUT2D eigenvalue weighted by molar-refractivity contribution is 7.92. The van der Waals surface area contributed by atoms with Gasteiger partial charge in [-0.3, -0.25) is 14.7 Å². The smallest absolute Gasteiger partial charge is 0.185 e. The Bertz CT molecular complexity index is 1100. The number of benzene rings is 1. The maximum Gasteiger partial charge on any atom is 0.185 e. The molecule has 1 aromatic heterocycles. The first kappa shape index (κ1) is 18.5. The molecule has 0 saturated carbocycles. The van der Waals surface area contributed by atoms with Gasteiger partial charge in [0.05, 0.1) is 11.8 Å². The van der Waals surface area contributed by atoms with Crippen LogP contribution in [0.1, 0.15) is 11.1 Å². The molecule has 1 N–H and O–H groups in total. The summed E-state index contributed by atoms with van der Waals surface area (Å²) in [4.78, 5) is 8.26. The van der Waals surface area contributed by atoms with E-state index < -0.39 is 15.2 Å². The van der Waals surface area contributed by atoms with Crippen LogP contribution >= 0.6 is 0 Å². The van der Waals surface area contributed by atoms with E-state index in [9.17, 15) is 13.5 Å². The minimum atomic E-state index is -3.41. The highest BCUT2D eigenvalue weighted by Crippen LogP contribution is 2.31. The van der Waals surface area contributed by atoms with Gasteiger partial charge in [0.25, 0.3) is 0 Å². The van der Waals surface area contributed by atoms with Crippen LogP contribution in [-0.2, 0) is 16.4 Å². The van der Waals surface area contributed by atoms with E-state index in [-0.39, 0.29) is 12.3 Å². The number of hydrogen-bond acceptors (Lipinski definition) is 7. The number of nitrogens with zero attached hydrogens (tertiary/aromatic N) is 5. The second-order valence-corrected chi connectivity index (χ2v) is 8.29. The van der Waals surface area contributed by atoms with Crippen LogP contribution in [0.3, 0.4) is 0 Å². The largest absolute Gasteiger partial charge is 0.508 e. The molecule has 1 aromatic carbocycles. The van der Waals surface area contributed by atoms with Crippen molar-refractivity contribution < 1.29 is 13.5 Å². The first-order valence-electron chi connectivity index (χ1n) is 8.00. The molecule has 0 bridgehead atoms. The van der Waals surface area contributed by atoms with Gasteiger partial charge in [-0.05, 0) is 36.8 Å². The lowest BCUT2D eigenvalue weighted by Gasteiger charge is -2.05. The van der Waals surface area contributed by atoms with Gasteiger partial charge < -0.3 is 5.11 Å². The van der Waals surface area contributed by atoms with Gasteiger partial charge >= 0.3 is 0 Å². The molecule has 0 spiro atoms. The van der Waals surface area contributed by atoms with E-state index in [2.05, 4.69) is 15.1 Å². The first-order chi connectivity index (χ1) is 12.8. The maximum absolute atomic E-state index is 11.7. The van der Waals surface area contributed by atoms with E-state index in [0.29, 0.717) is 22.5 Å². The molecule has 138 valence electrons. The molecule has 0 aliphatic carbocycles. The Hall–Kier alpha value is -3.25. The van der Waals surface area contributed by atoms with Gasteiger partial charge in [0.2, 0.25) is 0 Å². The molecule has 1 aliphatic heterocycles. The third-order valence-electron chi connectivity index (χ3n) is 3.85. The molecule has 0 saturated heterocycles. The molecule has 0 fully saturated rings. The molecule has 1 atom stereocenters. The standard InChI is InChI=1S/C18H17N5O3S/c1-12-7-13(9-14(24)8-12)18-15(11-23(22-18)6-4-19)16-3-5-20-17(10-21-16)27(2,25)26/h3,5,7-11,17,24H,6H2,1-2H3. The Morgan fingerprint density at radius 1 is 1.33 bits per heavy atom. The Balaban J connectivity index is 2.12. The predicted octanol–water partition coefficient (Wildman–Crippen LogP) is 1.95. The number of nitriles is 1. The average molecular weight is 383 g/mol. The van der Waals surface area contributed by atoms with Crippen molar-refractivity contribution in [3.63, 3.8) is 0 Å². The summed E-state index contributed by atoms with van der Waals surface area (Å²) in [5, 5.41) is 22.3. The zero-order valence-corrected chi connectivity index (χ0v) is 15.6. The van der Waals surface area contributed by atoms with Crippen molar-refractivity contribution in [2.24, 2.45) is 9.98 Å². The number of phenolic OH excluding ortho intramolecular Hbond substituents is 1. The fraction of sp³-hybridized carbons (Fsp3) is 0.222. The Labute approximate surface area is 156 Å². The summed E-state index contributed by atoms with van der Waals surface area (Å²) in [5.74, 6) is 0.0998. The van der Waals surface area contributed by atoms with Crippen LogP contribution in [0.15, 0.2) is 40.5 Å². The quantitative estimate of drug-likeness (QED) is 0.865. The number of rotatable bonds is 4. The molecular formula is C18H17N5O3S. The highest BCUT2D eigenvalue weighted by Gasteiger charge is 2.20. The van der Waals surface area contributed by atoms with Crippen LogP contribution in [0.2, 0.25) is 0 Å². The number of allylic oxidation sites excluding steroid dienone is 1. The summed E-state index contributed by atoms with van der Waals surface area (Å²) in [6.45, 7) is 1.89. The van der Waals surface area contributed by atoms with Crippen LogP contribution in [0.4, 0.5) is 0 Å². The third-order valence-corrected chi connectivity index (χ3v) is 4.97. The van der Waals surface area contributed by atoms with E-state index in [1.807, 2.05) is 19.1 Å². The number of aryl methyl sites for hydroxylation is 1. The lowest BCUT2D eigenvalue weighted by molar-refractivity contribution is 0.475. The summed E-state index contributed by atoms with van der Waals surface area (Å²) in [6, 6.07) is 7.09. The monoisotopic (exact) mass is 383 g/mol. The van der Waals surface area contributed by atoms with Crippen molar-refractivity contribution in [3.05, 3.63) is 41.6 Å². The van der Waals surface area contributed by atoms with Gasteiger partial charge in [0, 0.05) is 36.0 Å². The third kappa shape index (κ3) is 4.12. The average Bonchev–Trinajstić information content (AvgIpc) is 2.82. The predicted molar refractivity (Wildman–Crippen MR) is 103 cm³/mol. The first-order valence-corrected chi connectivity index (χ1v) is 9.95. The molecule has 1 unspecified atom stereocenters. The summed E-state index contributed by atoms with van der Waals surface area (Å²) in [7, 11) is -3.41. The second-order valence-electron chi connectivity index (χ2n) is 6.15. The van der Waals surface area contributed by atoms with Crippen molar-refractivity contribution in [3.8, 4) is 23.1 Å². The number of aliphatic imine (C=N–C) groups is 2. The number of hydrogen-bond donors (Lipinski definition) is 1. The number of aromatic nitrogens is 2. The SMILES string of the molecule is Cc1cc(O)cc(-c2nn(CC#N)cc2C2=CC=NC(S(C)(=O)=O)C=N2)c1. The van der Waals surface area contributed by atoms with Crippen molar-refractivity contribution in [2.75, 3.05) is 6.26 Å². The lowest BCUT2D eigenvalue weighted by Crippen LogP contribution is -2.18. The molecule has 9 heteroatoms. The summed E-state index contributed by atoms with van der Waals surface area (Å²) in [5.41, 5.74) is 3.11. The fourth-order valence-corrected chi connectivity index (χ4v) is 3.25. The topological polar surface area (TPSA) is 121 Å². The molecule has 2 aromatic rings. The van der Waals surface area contributed by atoms with Gasteiger partial charge in [-0.15, -0.1) is 0 Å². The summed E-state index contributed by atoms with van der Waals surface area (Å²) >= 11 is 0. The number of phenols is 1. The van der Waals surface area contributed by atoms with Crippen LogP contribution in [0.5, 0.6) is 5.75 Å². The molecule has 0 radical (unpaired) electrons. The van der Waals surface area contributed by atoms with E-state index in [4.69, 9.17) is 5.26 Å². The van der Waals surface area contributed by atoms with E-state index in [1.54, 1.807) is 24.4 Å². The lowest BCUT2D eigenvalue weighted by atomic mass is 10.0. The van der Waals surface area contributed by atoms with Crippen LogP contribution in [0, 0.1) is 18.3 Å². The number of aromatic hydroxyl groups is 1. The zero-order valence-electron chi connectivity index (χ0n) is 14.7. The van der Waals surface area contributed by atoms with Crippen molar-refractivity contribution in [2.45, 2.75) is 18.8 Å². The van der Waals surface area contributed by atoms with Gasteiger partial charge in [-0.1, -0.05) is 0 Å². The zero-order chi connectivity index (χ0) is 19.6. The minimum Gasteiger partial charge on any atom is -0.508 e. The molecule has 8 nitrogen and oxygen atoms in total. The number of sulfone groups is 1. The van der Waals surface area contributed by atoms with Gasteiger partial charge in [0.15, 0.2) is 15.2 Å². The second kappa shape index (κ2) is 7.17. The van der Waals surface area contributed by atoms with Gasteiger partial charge in [0.1, 0.15) is 18.0 Å². The van der Waals surface area contributed by atoms with Crippen molar-refractivity contribution in [1.29, 1.82) is 5.26 Å². The maximum atomic E-state index is 11.7. The summed E-state index contributed by atoms with van der Waals surface area (Å²) < 4.78 is 24.9. The highest BCUT2D eigenvalue weighted by atomic mass is 32.2. The summed E-state index contributed by atoms with van der Waals surface area (Å²) in [6.07, 6.45) is 7.01. The van der Waals surface area contributed by atoms with E-state index in [0.717, 1.165) is 11.8 Å². The molecule has 1 aliphatic rings.